The van der Waals surface area contributed by atoms with Gasteiger partial charge in [-0.05, 0) is 42.5 Å². The normalized spacial score (nSPS) is 10.5. The van der Waals surface area contributed by atoms with Gasteiger partial charge in [0.1, 0.15) is 23.2 Å². The largest absolute Gasteiger partial charge is 0.482 e. The Hall–Kier alpha value is -2.25. The van der Waals surface area contributed by atoms with E-state index in [1.165, 1.54) is 23.5 Å². The summed E-state index contributed by atoms with van der Waals surface area (Å²) in [5.74, 6) is -0.185. The van der Waals surface area contributed by atoms with Crippen LogP contribution < -0.4 is 4.74 Å². The lowest BCUT2D eigenvalue weighted by molar-refractivity contribution is -0.147. The van der Waals surface area contributed by atoms with Crippen LogP contribution in [0.15, 0.2) is 58.4 Å². The first-order valence-corrected chi connectivity index (χ1v) is 9.02. The molecule has 0 atom stereocenters. The molecular formula is C18H13BrFNO3S. The van der Waals surface area contributed by atoms with E-state index in [0.717, 1.165) is 15.0 Å². The maximum Gasteiger partial charge on any atom is 0.344 e. The van der Waals surface area contributed by atoms with Crippen LogP contribution in [0, 0.1) is 5.82 Å². The first kappa shape index (κ1) is 17.6. The van der Waals surface area contributed by atoms with E-state index in [0.29, 0.717) is 11.4 Å². The van der Waals surface area contributed by atoms with Crippen LogP contribution in [0.3, 0.4) is 0 Å². The number of halogens is 2. The van der Waals surface area contributed by atoms with E-state index in [1.54, 1.807) is 29.6 Å². The monoisotopic (exact) mass is 421 g/mol. The molecule has 2 aromatic carbocycles. The zero-order valence-electron chi connectivity index (χ0n) is 12.9. The van der Waals surface area contributed by atoms with Gasteiger partial charge in [-0.2, -0.15) is 0 Å². The Bertz CT molecular complexity index is 867. The molecule has 1 aromatic heterocycles. The van der Waals surface area contributed by atoms with Crippen LogP contribution in [0.5, 0.6) is 5.75 Å². The van der Waals surface area contributed by atoms with Crippen molar-refractivity contribution in [2.75, 3.05) is 6.61 Å². The molecule has 0 spiro atoms. The Morgan fingerprint density at radius 3 is 2.76 bits per heavy atom. The van der Waals surface area contributed by atoms with Crippen molar-refractivity contribution in [1.29, 1.82) is 0 Å². The van der Waals surface area contributed by atoms with Gasteiger partial charge in [0.05, 0.1) is 5.69 Å². The number of esters is 1. The van der Waals surface area contributed by atoms with Crippen LogP contribution >= 0.6 is 27.3 Å². The number of rotatable bonds is 6. The SMILES string of the molecule is O=C(COc1cccc(Br)c1)OCc1csc(-c2ccc(F)cc2)n1. The standard InChI is InChI=1S/C18H13BrFNO3S/c19-13-2-1-3-16(8-13)23-10-17(22)24-9-15-11-25-18(21-15)12-4-6-14(20)7-5-12/h1-8,11H,9-10H2. The first-order chi connectivity index (χ1) is 12.1. The first-order valence-electron chi connectivity index (χ1n) is 7.34. The van der Waals surface area contributed by atoms with Crippen molar-refractivity contribution in [3.63, 3.8) is 0 Å². The van der Waals surface area contributed by atoms with Gasteiger partial charge < -0.3 is 9.47 Å². The number of hydrogen-bond donors (Lipinski definition) is 0. The second-order valence-corrected chi connectivity index (χ2v) is 6.83. The van der Waals surface area contributed by atoms with Crippen molar-refractivity contribution >= 4 is 33.2 Å². The number of thiazole rings is 1. The molecule has 0 radical (unpaired) electrons. The predicted octanol–water partition coefficient (Wildman–Crippen LogP) is 4.83. The highest BCUT2D eigenvalue weighted by atomic mass is 79.9. The lowest BCUT2D eigenvalue weighted by atomic mass is 10.2. The summed E-state index contributed by atoms with van der Waals surface area (Å²) in [6, 6.07) is 13.3. The van der Waals surface area contributed by atoms with Crippen LogP contribution in [-0.2, 0) is 16.1 Å². The third-order valence-electron chi connectivity index (χ3n) is 3.18. The summed E-state index contributed by atoms with van der Waals surface area (Å²) in [5, 5.41) is 2.55. The fourth-order valence-corrected chi connectivity index (χ4v) is 3.18. The van der Waals surface area contributed by atoms with Gasteiger partial charge in [-0.15, -0.1) is 11.3 Å². The molecular weight excluding hydrogens is 409 g/mol. The second-order valence-electron chi connectivity index (χ2n) is 5.06. The second kappa shape index (κ2) is 8.22. The predicted molar refractivity (Wildman–Crippen MR) is 96.9 cm³/mol. The number of ether oxygens (including phenoxy) is 2. The fraction of sp³-hybridized carbons (Fsp3) is 0.111. The quantitative estimate of drug-likeness (QED) is 0.534. The van der Waals surface area contributed by atoms with Gasteiger partial charge in [0.15, 0.2) is 6.61 Å². The van der Waals surface area contributed by atoms with Crippen molar-refractivity contribution in [2.45, 2.75) is 6.61 Å². The summed E-state index contributed by atoms with van der Waals surface area (Å²) in [7, 11) is 0. The zero-order valence-corrected chi connectivity index (χ0v) is 15.3. The smallest absolute Gasteiger partial charge is 0.344 e. The summed E-state index contributed by atoms with van der Waals surface area (Å²) in [6.45, 7) is -0.107. The van der Waals surface area contributed by atoms with E-state index in [4.69, 9.17) is 9.47 Å². The van der Waals surface area contributed by atoms with Crippen LogP contribution in [0.25, 0.3) is 10.6 Å². The molecule has 0 saturated heterocycles. The van der Waals surface area contributed by atoms with Gasteiger partial charge in [-0.1, -0.05) is 22.0 Å². The Kier molecular flexibility index (Phi) is 5.78. The van der Waals surface area contributed by atoms with Crippen LogP contribution in [0.4, 0.5) is 4.39 Å². The summed E-state index contributed by atoms with van der Waals surface area (Å²) < 4.78 is 24.3. The van der Waals surface area contributed by atoms with E-state index in [2.05, 4.69) is 20.9 Å². The molecule has 128 valence electrons. The molecule has 0 aliphatic carbocycles. The number of carbonyl (C=O) groups is 1. The van der Waals surface area contributed by atoms with Gasteiger partial charge in [-0.3, -0.25) is 0 Å². The molecule has 0 N–H and O–H groups in total. The highest BCUT2D eigenvalue weighted by molar-refractivity contribution is 9.10. The average Bonchev–Trinajstić information content (AvgIpc) is 3.08. The van der Waals surface area contributed by atoms with E-state index in [-0.39, 0.29) is 19.0 Å². The van der Waals surface area contributed by atoms with E-state index in [1.807, 2.05) is 12.1 Å². The van der Waals surface area contributed by atoms with E-state index >= 15 is 0 Å². The number of benzene rings is 2. The lowest BCUT2D eigenvalue weighted by Crippen LogP contribution is -2.14. The topological polar surface area (TPSA) is 48.4 Å². The number of carbonyl (C=O) groups excluding carboxylic acids is 1. The summed E-state index contributed by atoms with van der Waals surface area (Å²) >= 11 is 4.74. The van der Waals surface area contributed by atoms with Gasteiger partial charge in [-0.25, -0.2) is 14.2 Å². The molecule has 0 bridgehead atoms. The molecule has 3 rings (SSSR count). The van der Waals surface area contributed by atoms with Gasteiger partial charge in [0, 0.05) is 15.4 Å². The number of aromatic nitrogens is 1. The summed E-state index contributed by atoms with van der Waals surface area (Å²) in [4.78, 5) is 16.1. The van der Waals surface area contributed by atoms with Crippen LogP contribution in [0.1, 0.15) is 5.69 Å². The molecule has 0 unspecified atom stereocenters. The van der Waals surface area contributed by atoms with Crippen molar-refractivity contribution in [3.8, 4) is 16.3 Å². The van der Waals surface area contributed by atoms with Crippen LogP contribution in [-0.4, -0.2) is 17.6 Å². The molecule has 0 fully saturated rings. The summed E-state index contributed by atoms with van der Waals surface area (Å²) in [6.07, 6.45) is 0. The molecule has 0 amide bonds. The Morgan fingerprint density at radius 2 is 2.00 bits per heavy atom. The minimum atomic E-state index is -0.476. The fourth-order valence-electron chi connectivity index (χ4n) is 1.99. The maximum atomic E-state index is 12.9. The van der Waals surface area contributed by atoms with Gasteiger partial charge in [0.25, 0.3) is 0 Å². The molecule has 25 heavy (non-hydrogen) atoms. The minimum Gasteiger partial charge on any atom is -0.482 e. The molecule has 0 aliphatic heterocycles. The molecule has 3 aromatic rings. The van der Waals surface area contributed by atoms with Crippen molar-refractivity contribution in [2.24, 2.45) is 0 Å². The summed E-state index contributed by atoms with van der Waals surface area (Å²) in [5.41, 5.74) is 1.46. The molecule has 1 heterocycles. The average molecular weight is 422 g/mol. The Balaban J connectivity index is 1.50. The molecule has 0 aliphatic rings. The molecule has 4 nitrogen and oxygen atoms in total. The van der Waals surface area contributed by atoms with Crippen LogP contribution in [0.2, 0.25) is 0 Å². The maximum absolute atomic E-state index is 12.9. The Morgan fingerprint density at radius 1 is 1.20 bits per heavy atom. The van der Waals surface area contributed by atoms with E-state index in [9.17, 15) is 9.18 Å². The van der Waals surface area contributed by atoms with Crippen molar-refractivity contribution in [1.82, 2.24) is 4.98 Å². The molecule has 0 saturated carbocycles. The third-order valence-corrected chi connectivity index (χ3v) is 4.61. The third kappa shape index (κ3) is 5.11. The van der Waals surface area contributed by atoms with E-state index < -0.39 is 5.97 Å². The molecule has 7 heteroatoms. The number of nitrogens with zero attached hydrogens (tertiary/aromatic N) is 1. The lowest BCUT2D eigenvalue weighted by Gasteiger charge is -2.06. The van der Waals surface area contributed by atoms with Gasteiger partial charge >= 0.3 is 5.97 Å². The van der Waals surface area contributed by atoms with Gasteiger partial charge in [0.2, 0.25) is 0 Å². The highest BCUT2D eigenvalue weighted by Gasteiger charge is 2.09. The Labute approximate surface area is 156 Å². The number of hydrogen-bond acceptors (Lipinski definition) is 5. The minimum absolute atomic E-state index is 0.0678. The highest BCUT2D eigenvalue weighted by Crippen LogP contribution is 2.24. The van der Waals surface area contributed by atoms with Crippen molar-refractivity contribution in [3.05, 3.63) is 69.9 Å². The van der Waals surface area contributed by atoms with Crippen molar-refractivity contribution < 1.29 is 18.7 Å². The zero-order chi connectivity index (χ0) is 17.6.